The Hall–Kier alpha value is -3.89. The minimum absolute atomic E-state index is 0.115. The van der Waals surface area contributed by atoms with Crippen molar-refractivity contribution in [1.29, 1.82) is 0 Å². The molecule has 1 aliphatic rings. The molecule has 0 saturated carbocycles. The molecule has 220 valence electrons. The van der Waals surface area contributed by atoms with Crippen molar-refractivity contribution in [3.8, 4) is 5.75 Å². The lowest BCUT2D eigenvalue weighted by atomic mass is 9.65. The van der Waals surface area contributed by atoms with Gasteiger partial charge >= 0.3 is 7.12 Å². The van der Waals surface area contributed by atoms with E-state index in [2.05, 4.69) is 29.1 Å². The molecule has 1 aromatic heterocycles. The van der Waals surface area contributed by atoms with E-state index in [1.54, 1.807) is 12.1 Å². The quantitative estimate of drug-likeness (QED) is 0.226. The SMILES string of the molecule is CC(C)C[C@H](CC(=O)[C@H](Cc1ccccc1)NC(=O)c1cnccn1)B1OC(C)(C)C(C)(c2ccc(OC=O)cc2)O1. The molecule has 42 heavy (non-hydrogen) atoms. The maximum atomic E-state index is 14.0. The average Bonchev–Trinajstić information content (AvgIpc) is 3.22. The Morgan fingerprint density at radius 2 is 1.74 bits per heavy atom. The third kappa shape index (κ3) is 7.30. The van der Waals surface area contributed by atoms with Crippen LogP contribution in [-0.4, -0.2) is 46.9 Å². The van der Waals surface area contributed by atoms with Gasteiger partial charge in [-0.25, -0.2) is 4.98 Å². The number of carbonyl (C=O) groups excluding carboxylic acids is 3. The molecular formula is C32H38BN3O6. The highest BCUT2D eigenvalue weighted by Gasteiger charge is 2.57. The van der Waals surface area contributed by atoms with Crippen LogP contribution in [0.25, 0.3) is 0 Å². The molecule has 0 aliphatic carbocycles. The highest BCUT2D eigenvalue weighted by Crippen LogP contribution is 2.48. The average molecular weight is 571 g/mol. The van der Waals surface area contributed by atoms with E-state index >= 15 is 0 Å². The fourth-order valence-electron chi connectivity index (χ4n) is 5.36. The molecule has 1 aliphatic heterocycles. The number of hydrogen-bond donors (Lipinski definition) is 1. The summed E-state index contributed by atoms with van der Waals surface area (Å²) in [4.78, 5) is 45.8. The molecule has 2 aromatic carbocycles. The molecule has 1 fully saturated rings. The molecule has 1 saturated heterocycles. The Morgan fingerprint density at radius 3 is 2.36 bits per heavy atom. The Kier molecular flexibility index (Phi) is 9.91. The number of aromatic nitrogens is 2. The lowest BCUT2D eigenvalue weighted by Gasteiger charge is -2.37. The standard InChI is InChI=1S/C32H38BN3O6/c1-22(2)17-25(33-41-31(3,4)32(5,42-33)24-11-13-26(14-12-24)40-21-37)19-29(38)27(18-23-9-7-6-8-10-23)36-30(39)28-20-34-15-16-35-28/h6-16,20-22,25,27H,17-19H2,1-5H3,(H,36,39)/t25-,27+,32?/m1/s1. The first-order valence-corrected chi connectivity index (χ1v) is 14.2. The smallest absolute Gasteiger partial charge is 0.429 e. The zero-order valence-electron chi connectivity index (χ0n) is 24.8. The summed E-state index contributed by atoms with van der Waals surface area (Å²) in [6, 6.07) is 15.9. The largest absolute Gasteiger partial charge is 0.461 e. The third-order valence-electron chi connectivity index (χ3n) is 7.90. The van der Waals surface area contributed by atoms with Gasteiger partial charge in [0.2, 0.25) is 0 Å². The number of hydrogen-bond acceptors (Lipinski definition) is 8. The molecule has 3 atom stereocenters. The Morgan fingerprint density at radius 1 is 1.02 bits per heavy atom. The number of benzene rings is 2. The summed E-state index contributed by atoms with van der Waals surface area (Å²) < 4.78 is 18.2. The number of rotatable bonds is 13. The van der Waals surface area contributed by atoms with Gasteiger partial charge in [0, 0.05) is 24.6 Å². The van der Waals surface area contributed by atoms with Crippen molar-refractivity contribution in [2.75, 3.05) is 0 Å². The van der Waals surface area contributed by atoms with Crippen LogP contribution in [0, 0.1) is 5.92 Å². The molecular weight excluding hydrogens is 533 g/mol. The molecule has 0 radical (unpaired) electrons. The van der Waals surface area contributed by atoms with Crippen molar-refractivity contribution < 1.29 is 28.4 Å². The van der Waals surface area contributed by atoms with Crippen molar-refractivity contribution >= 4 is 25.3 Å². The lowest BCUT2D eigenvalue weighted by Crippen LogP contribution is -2.44. The third-order valence-corrected chi connectivity index (χ3v) is 7.90. The predicted molar refractivity (Wildman–Crippen MR) is 159 cm³/mol. The number of nitrogens with zero attached hydrogens (tertiary/aromatic N) is 2. The van der Waals surface area contributed by atoms with Gasteiger partial charge in [-0.3, -0.25) is 19.4 Å². The fraction of sp³-hybridized carbons (Fsp3) is 0.406. The van der Waals surface area contributed by atoms with E-state index in [0.29, 0.717) is 25.1 Å². The highest BCUT2D eigenvalue weighted by atomic mass is 16.7. The summed E-state index contributed by atoms with van der Waals surface area (Å²) in [5, 5.41) is 2.90. The van der Waals surface area contributed by atoms with Crippen LogP contribution >= 0.6 is 0 Å². The molecule has 0 spiro atoms. The number of nitrogens with one attached hydrogen (secondary N) is 1. The van der Waals surface area contributed by atoms with E-state index in [1.807, 2.05) is 63.2 Å². The second-order valence-electron chi connectivity index (χ2n) is 11.8. The van der Waals surface area contributed by atoms with Crippen LogP contribution in [0.4, 0.5) is 0 Å². The van der Waals surface area contributed by atoms with Crippen molar-refractivity contribution in [2.45, 2.75) is 76.9 Å². The Balaban J connectivity index is 1.57. The van der Waals surface area contributed by atoms with Crippen LogP contribution in [-0.2, 0) is 30.9 Å². The van der Waals surface area contributed by atoms with E-state index in [-0.39, 0.29) is 29.6 Å². The molecule has 9 nitrogen and oxygen atoms in total. The summed E-state index contributed by atoms with van der Waals surface area (Å²) >= 11 is 0. The first-order chi connectivity index (χ1) is 20.0. The maximum Gasteiger partial charge on any atom is 0.461 e. The van der Waals surface area contributed by atoms with Crippen LogP contribution in [0.2, 0.25) is 5.82 Å². The molecule has 3 aromatic rings. The second kappa shape index (κ2) is 13.4. The molecule has 4 rings (SSSR count). The number of amides is 1. The van der Waals surface area contributed by atoms with Gasteiger partial charge in [-0.05, 0) is 62.8 Å². The van der Waals surface area contributed by atoms with Gasteiger partial charge in [0.15, 0.2) is 5.78 Å². The van der Waals surface area contributed by atoms with Gasteiger partial charge in [0.05, 0.1) is 17.8 Å². The topological polar surface area (TPSA) is 117 Å². The fourth-order valence-corrected chi connectivity index (χ4v) is 5.36. The summed E-state index contributed by atoms with van der Waals surface area (Å²) in [7, 11) is -0.657. The van der Waals surface area contributed by atoms with Crippen LogP contribution < -0.4 is 10.1 Å². The van der Waals surface area contributed by atoms with Crippen LogP contribution in [0.3, 0.4) is 0 Å². The molecule has 0 bridgehead atoms. The van der Waals surface area contributed by atoms with E-state index in [0.717, 1.165) is 11.1 Å². The molecule has 1 N–H and O–H groups in total. The van der Waals surface area contributed by atoms with Gasteiger partial charge < -0.3 is 19.4 Å². The van der Waals surface area contributed by atoms with Crippen molar-refractivity contribution in [1.82, 2.24) is 15.3 Å². The molecule has 10 heteroatoms. The summed E-state index contributed by atoms with van der Waals surface area (Å²) in [5.74, 6) is -0.131. The maximum absolute atomic E-state index is 14.0. The minimum atomic E-state index is -0.834. The van der Waals surface area contributed by atoms with Gasteiger partial charge in [-0.15, -0.1) is 0 Å². The number of ketones is 1. The normalized spacial score (nSPS) is 19.2. The van der Waals surface area contributed by atoms with Gasteiger partial charge in [-0.2, -0.15) is 0 Å². The number of Topliss-reactive ketones (excluding diaryl/α,β-unsaturated/α-hetero) is 1. The Labute approximate surface area is 247 Å². The van der Waals surface area contributed by atoms with Crippen molar-refractivity contribution in [2.24, 2.45) is 5.92 Å². The Bertz CT molecular complexity index is 1350. The monoisotopic (exact) mass is 571 g/mol. The minimum Gasteiger partial charge on any atom is -0.429 e. The van der Waals surface area contributed by atoms with Crippen molar-refractivity contribution in [3.63, 3.8) is 0 Å². The summed E-state index contributed by atoms with van der Waals surface area (Å²) in [6.07, 6.45) is 5.48. The van der Waals surface area contributed by atoms with Crippen LogP contribution in [0.1, 0.15) is 69.1 Å². The molecule has 2 heterocycles. The van der Waals surface area contributed by atoms with Crippen LogP contribution in [0.15, 0.2) is 73.2 Å². The van der Waals surface area contributed by atoms with E-state index in [1.165, 1.54) is 18.6 Å². The zero-order chi connectivity index (χ0) is 30.3. The molecule has 1 amide bonds. The predicted octanol–water partition coefficient (Wildman–Crippen LogP) is 4.96. The van der Waals surface area contributed by atoms with Gasteiger partial charge in [-0.1, -0.05) is 56.3 Å². The molecule has 1 unspecified atom stereocenters. The first kappa shape index (κ1) is 31.1. The number of carbonyl (C=O) groups is 3. The zero-order valence-corrected chi connectivity index (χ0v) is 24.8. The second-order valence-corrected chi connectivity index (χ2v) is 11.8. The number of ether oxygens (including phenoxy) is 1. The van der Waals surface area contributed by atoms with Gasteiger partial charge in [0.25, 0.3) is 12.4 Å². The van der Waals surface area contributed by atoms with Crippen molar-refractivity contribution in [3.05, 3.63) is 90.0 Å². The van der Waals surface area contributed by atoms with Gasteiger partial charge in [0.1, 0.15) is 17.0 Å². The van der Waals surface area contributed by atoms with Crippen LogP contribution in [0.5, 0.6) is 5.75 Å². The van der Waals surface area contributed by atoms with E-state index < -0.39 is 30.3 Å². The summed E-state index contributed by atoms with van der Waals surface area (Å²) in [6.45, 7) is 10.5. The van der Waals surface area contributed by atoms with E-state index in [9.17, 15) is 14.4 Å². The summed E-state index contributed by atoms with van der Waals surface area (Å²) in [5.41, 5.74) is 0.374. The highest BCUT2D eigenvalue weighted by molar-refractivity contribution is 6.48. The first-order valence-electron chi connectivity index (χ1n) is 14.2. The van der Waals surface area contributed by atoms with E-state index in [4.69, 9.17) is 14.0 Å². The lowest BCUT2D eigenvalue weighted by molar-refractivity contribution is -0.121.